The highest BCUT2D eigenvalue weighted by Gasteiger charge is 2.42. The second kappa shape index (κ2) is 13.2. The van der Waals surface area contributed by atoms with Crippen LogP contribution in [0.15, 0.2) is 36.4 Å². The second-order valence-electron chi connectivity index (χ2n) is 8.86. The van der Waals surface area contributed by atoms with Crippen LogP contribution in [0.2, 0.25) is 0 Å². The average Bonchev–Trinajstić information content (AvgIpc) is 2.91. The number of benzene rings is 2. The van der Waals surface area contributed by atoms with E-state index in [1.54, 1.807) is 19.1 Å². The van der Waals surface area contributed by atoms with Crippen molar-refractivity contribution in [2.45, 2.75) is 62.7 Å². The van der Waals surface area contributed by atoms with Gasteiger partial charge in [-0.25, -0.2) is 0 Å². The summed E-state index contributed by atoms with van der Waals surface area (Å²) in [7, 11) is 2.75. The first-order chi connectivity index (χ1) is 17.7. The van der Waals surface area contributed by atoms with Crippen LogP contribution < -0.4 is 14.2 Å². The zero-order chi connectivity index (χ0) is 27.1. The SMILES string of the molecule is COc1cc([C@@H](O)[C@@H](CO)Oc2ccc(CCCO[C@H]3O[C@H](C)[C@H](O)[C@@H](O)[C@H]3O)cc2)cc(OC)c1O. The Kier molecular flexibility index (Phi) is 10.4. The lowest BCUT2D eigenvalue weighted by molar-refractivity contribution is -0.293. The molecule has 0 radical (unpaired) electrons. The Labute approximate surface area is 215 Å². The van der Waals surface area contributed by atoms with E-state index < -0.39 is 49.5 Å². The van der Waals surface area contributed by atoms with Crippen LogP contribution in [0.25, 0.3) is 0 Å². The quantitative estimate of drug-likeness (QED) is 0.216. The molecule has 7 atom stereocenters. The number of ether oxygens (including phenoxy) is 5. The van der Waals surface area contributed by atoms with E-state index in [9.17, 15) is 30.6 Å². The van der Waals surface area contributed by atoms with Gasteiger partial charge in [-0.1, -0.05) is 12.1 Å². The van der Waals surface area contributed by atoms with Crippen LogP contribution in [0.5, 0.6) is 23.0 Å². The van der Waals surface area contributed by atoms with Gasteiger partial charge in [0.25, 0.3) is 0 Å². The molecule has 6 N–H and O–H groups in total. The topological polar surface area (TPSA) is 168 Å². The standard InChI is InChI=1S/C26H36O11/c1-14-21(28)24(31)25(32)26(36-14)35-10-4-5-15-6-8-17(9-7-15)37-20(13-27)22(29)16-11-18(33-2)23(30)19(12-16)34-3/h6-9,11-12,14,20-22,24-32H,4-5,10,13H2,1-3H3/t14-,20-,21+,22-,24-,25-,26+/m1/s1. The maximum Gasteiger partial charge on any atom is 0.200 e. The van der Waals surface area contributed by atoms with E-state index in [2.05, 4.69) is 0 Å². The average molecular weight is 525 g/mol. The molecule has 1 fully saturated rings. The minimum atomic E-state index is -1.33. The number of hydrogen-bond acceptors (Lipinski definition) is 11. The molecule has 37 heavy (non-hydrogen) atoms. The van der Waals surface area contributed by atoms with Crippen molar-refractivity contribution in [2.75, 3.05) is 27.4 Å². The number of aromatic hydroxyl groups is 1. The number of aliphatic hydroxyl groups is 5. The fourth-order valence-electron chi connectivity index (χ4n) is 4.04. The highest BCUT2D eigenvalue weighted by Crippen LogP contribution is 2.39. The molecule has 3 rings (SSSR count). The van der Waals surface area contributed by atoms with Gasteiger partial charge in [0.1, 0.15) is 30.2 Å². The van der Waals surface area contributed by atoms with Crippen LogP contribution in [-0.4, -0.2) is 94.9 Å². The van der Waals surface area contributed by atoms with Crippen LogP contribution >= 0.6 is 0 Å². The second-order valence-corrected chi connectivity index (χ2v) is 8.86. The Morgan fingerprint density at radius 2 is 1.57 bits per heavy atom. The van der Waals surface area contributed by atoms with Gasteiger partial charge in [-0.2, -0.15) is 0 Å². The van der Waals surface area contributed by atoms with Crippen LogP contribution in [0.3, 0.4) is 0 Å². The molecular weight excluding hydrogens is 488 g/mol. The summed E-state index contributed by atoms with van der Waals surface area (Å²) in [6, 6.07) is 10.0. The predicted octanol–water partition coefficient (Wildman–Crippen LogP) is 0.659. The molecule has 0 aliphatic carbocycles. The Morgan fingerprint density at radius 1 is 0.946 bits per heavy atom. The Balaban J connectivity index is 1.52. The minimum Gasteiger partial charge on any atom is -0.502 e. The van der Waals surface area contributed by atoms with Crippen molar-refractivity contribution in [2.24, 2.45) is 0 Å². The van der Waals surface area contributed by atoms with Gasteiger partial charge in [-0.05, 0) is 55.2 Å². The van der Waals surface area contributed by atoms with Crippen molar-refractivity contribution in [1.29, 1.82) is 0 Å². The van der Waals surface area contributed by atoms with Gasteiger partial charge < -0.3 is 54.3 Å². The molecule has 0 saturated carbocycles. The van der Waals surface area contributed by atoms with Crippen LogP contribution in [-0.2, 0) is 15.9 Å². The summed E-state index contributed by atoms with van der Waals surface area (Å²) in [4.78, 5) is 0. The van der Waals surface area contributed by atoms with Crippen molar-refractivity contribution in [1.82, 2.24) is 0 Å². The maximum absolute atomic E-state index is 10.8. The zero-order valence-electron chi connectivity index (χ0n) is 21.1. The monoisotopic (exact) mass is 524 g/mol. The lowest BCUT2D eigenvalue weighted by Crippen LogP contribution is -2.57. The molecule has 1 heterocycles. The Hall–Kier alpha value is -2.64. The molecule has 1 aliphatic rings. The highest BCUT2D eigenvalue weighted by atomic mass is 16.7. The summed E-state index contributed by atoms with van der Waals surface area (Å²) in [5.74, 6) is 0.477. The van der Waals surface area contributed by atoms with Crippen molar-refractivity contribution < 1.29 is 54.3 Å². The number of aryl methyl sites for hydroxylation is 1. The third kappa shape index (κ3) is 7.02. The minimum absolute atomic E-state index is 0.117. The molecule has 0 bridgehead atoms. The Bertz CT molecular complexity index is 958. The van der Waals surface area contributed by atoms with Crippen molar-refractivity contribution in [3.63, 3.8) is 0 Å². The first kappa shape index (κ1) is 28.9. The van der Waals surface area contributed by atoms with Crippen LogP contribution in [0.4, 0.5) is 0 Å². The number of hydrogen-bond donors (Lipinski definition) is 6. The van der Waals surface area contributed by atoms with E-state index in [4.69, 9.17) is 23.7 Å². The largest absolute Gasteiger partial charge is 0.502 e. The Morgan fingerprint density at radius 3 is 2.14 bits per heavy atom. The molecular formula is C26H36O11. The third-order valence-electron chi connectivity index (χ3n) is 6.29. The molecule has 1 saturated heterocycles. The van der Waals surface area contributed by atoms with Crippen LogP contribution in [0.1, 0.15) is 30.6 Å². The van der Waals surface area contributed by atoms with Crippen LogP contribution in [0, 0.1) is 0 Å². The number of aliphatic hydroxyl groups excluding tert-OH is 5. The first-order valence-corrected chi connectivity index (χ1v) is 12.0. The number of rotatable bonds is 12. The van der Waals surface area contributed by atoms with E-state index in [0.717, 1.165) is 5.56 Å². The normalized spacial score (nSPS) is 25.4. The van der Waals surface area contributed by atoms with Crippen molar-refractivity contribution in [3.05, 3.63) is 47.5 Å². The van der Waals surface area contributed by atoms with Crippen molar-refractivity contribution >= 4 is 0 Å². The van der Waals surface area contributed by atoms with E-state index in [-0.39, 0.29) is 23.9 Å². The highest BCUT2D eigenvalue weighted by molar-refractivity contribution is 5.53. The lowest BCUT2D eigenvalue weighted by atomic mass is 10.00. The predicted molar refractivity (Wildman–Crippen MR) is 131 cm³/mol. The molecule has 11 nitrogen and oxygen atoms in total. The molecule has 0 unspecified atom stereocenters. The summed E-state index contributed by atoms with van der Waals surface area (Å²) in [6.45, 7) is 1.40. The fourth-order valence-corrected chi connectivity index (χ4v) is 4.04. The number of phenolic OH excluding ortho intramolecular Hbond substituents is 1. The summed E-state index contributed by atoms with van der Waals surface area (Å²) in [5, 5.41) is 60.3. The zero-order valence-corrected chi connectivity index (χ0v) is 21.1. The molecule has 0 aromatic heterocycles. The van der Waals surface area contributed by atoms with E-state index >= 15 is 0 Å². The summed E-state index contributed by atoms with van der Waals surface area (Å²) in [5.41, 5.74) is 1.32. The summed E-state index contributed by atoms with van der Waals surface area (Å²) < 4.78 is 27.0. The summed E-state index contributed by atoms with van der Waals surface area (Å²) >= 11 is 0. The first-order valence-electron chi connectivity index (χ1n) is 12.0. The lowest BCUT2D eigenvalue weighted by Gasteiger charge is -2.38. The smallest absolute Gasteiger partial charge is 0.200 e. The van der Waals surface area contributed by atoms with Gasteiger partial charge in [0, 0.05) is 0 Å². The molecule has 206 valence electrons. The molecule has 0 amide bonds. The van der Waals surface area contributed by atoms with Gasteiger partial charge >= 0.3 is 0 Å². The molecule has 2 aromatic rings. The molecule has 1 aliphatic heterocycles. The fraction of sp³-hybridized carbons (Fsp3) is 0.538. The maximum atomic E-state index is 10.8. The van der Waals surface area contributed by atoms with Crippen molar-refractivity contribution in [3.8, 4) is 23.0 Å². The van der Waals surface area contributed by atoms with E-state index in [1.807, 2.05) is 12.1 Å². The van der Waals surface area contributed by atoms with Gasteiger partial charge in [-0.3, -0.25) is 0 Å². The van der Waals surface area contributed by atoms with Gasteiger partial charge in [-0.15, -0.1) is 0 Å². The summed E-state index contributed by atoms with van der Waals surface area (Å²) in [6.07, 6.45) is -6.46. The third-order valence-corrected chi connectivity index (χ3v) is 6.29. The number of methoxy groups -OCH3 is 2. The van der Waals surface area contributed by atoms with Gasteiger partial charge in [0.15, 0.2) is 23.9 Å². The van der Waals surface area contributed by atoms with Gasteiger partial charge in [0.2, 0.25) is 5.75 Å². The van der Waals surface area contributed by atoms with E-state index in [0.29, 0.717) is 24.2 Å². The molecule has 0 spiro atoms. The number of phenols is 1. The van der Waals surface area contributed by atoms with E-state index in [1.165, 1.54) is 26.4 Å². The van der Waals surface area contributed by atoms with Gasteiger partial charge in [0.05, 0.1) is 33.5 Å². The molecule has 2 aromatic carbocycles. The molecule has 11 heteroatoms.